The van der Waals surface area contributed by atoms with Crippen molar-refractivity contribution in [1.29, 1.82) is 0 Å². The van der Waals surface area contributed by atoms with E-state index in [1.165, 1.54) is 0 Å². The van der Waals surface area contributed by atoms with Crippen LogP contribution in [0.4, 0.5) is 5.69 Å². The van der Waals surface area contributed by atoms with Gasteiger partial charge in [0.15, 0.2) is 0 Å². The molecule has 0 spiro atoms. The lowest BCUT2D eigenvalue weighted by molar-refractivity contribution is -0.117. The van der Waals surface area contributed by atoms with Crippen LogP contribution in [0.5, 0.6) is 0 Å². The summed E-state index contributed by atoms with van der Waals surface area (Å²) in [4.78, 5) is 21.7. The zero-order valence-corrected chi connectivity index (χ0v) is 16.7. The molecule has 0 aliphatic carbocycles. The highest BCUT2D eigenvalue weighted by Gasteiger charge is 2.19. The number of carbonyl (C=O) groups is 1. The Labute approximate surface area is 162 Å². The summed E-state index contributed by atoms with van der Waals surface area (Å²) < 4.78 is 0. The molecule has 1 N–H and O–H groups in total. The van der Waals surface area contributed by atoms with Gasteiger partial charge in [-0.25, -0.2) is 0 Å². The molecule has 1 aromatic carbocycles. The number of carbonyl (C=O) groups excluding carboxylic acids is 1. The molecule has 0 radical (unpaired) electrons. The summed E-state index contributed by atoms with van der Waals surface area (Å²) in [5, 5.41) is 3.09. The van der Waals surface area contributed by atoms with Crippen LogP contribution in [-0.4, -0.2) is 60.0 Å². The number of aromatic nitrogens is 1. The van der Waals surface area contributed by atoms with Crippen LogP contribution in [0.1, 0.15) is 22.5 Å². The van der Waals surface area contributed by atoms with Gasteiger partial charge in [0, 0.05) is 56.2 Å². The lowest BCUT2D eigenvalue weighted by Crippen LogP contribution is -2.49. The fraction of sp³-hybridized carbons (Fsp3) is 0.455. The molecule has 5 nitrogen and oxygen atoms in total. The Morgan fingerprint density at radius 3 is 2.26 bits per heavy atom. The molecule has 1 amide bonds. The Morgan fingerprint density at radius 2 is 1.59 bits per heavy atom. The van der Waals surface area contributed by atoms with Crippen molar-refractivity contribution in [3.8, 4) is 0 Å². The Hall–Kier alpha value is -2.24. The second kappa shape index (κ2) is 9.11. The van der Waals surface area contributed by atoms with E-state index in [-0.39, 0.29) is 5.91 Å². The molecule has 2 aromatic rings. The molecule has 0 bridgehead atoms. The maximum absolute atomic E-state index is 12.4. The average molecular weight is 367 g/mol. The van der Waals surface area contributed by atoms with E-state index in [9.17, 15) is 4.79 Å². The van der Waals surface area contributed by atoms with Gasteiger partial charge < -0.3 is 10.2 Å². The number of anilines is 1. The van der Waals surface area contributed by atoms with Crippen LogP contribution in [0.15, 0.2) is 36.4 Å². The molecule has 2 heterocycles. The number of aryl methyl sites for hydroxylation is 3. The normalized spacial score (nSPS) is 15.7. The summed E-state index contributed by atoms with van der Waals surface area (Å²) in [6, 6.07) is 12.3. The number of para-hydroxylation sites is 1. The van der Waals surface area contributed by atoms with Crippen molar-refractivity contribution < 1.29 is 4.79 Å². The largest absolute Gasteiger partial charge is 0.324 e. The molecule has 1 fully saturated rings. The van der Waals surface area contributed by atoms with Crippen LogP contribution < -0.4 is 5.32 Å². The fourth-order valence-electron chi connectivity index (χ4n) is 3.58. The number of hydrogen-bond acceptors (Lipinski definition) is 4. The molecule has 5 heteroatoms. The number of amides is 1. The standard InChI is InChI=1S/C22H30N4O/c1-17-6-4-7-18(2)22(17)24-21(27)16-26-14-12-25(13-15-26)11-10-20-9-5-8-19(3)23-20/h4-9H,10-16H2,1-3H3,(H,24,27). The van der Waals surface area contributed by atoms with Gasteiger partial charge in [-0.2, -0.15) is 0 Å². The number of rotatable bonds is 6. The molecule has 144 valence electrons. The first-order valence-electron chi connectivity index (χ1n) is 9.74. The molecular formula is C22H30N4O. The molecule has 0 atom stereocenters. The van der Waals surface area contributed by atoms with Crippen LogP contribution in [-0.2, 0) is 11.2 Å². The smallest absolute Gasteiger partial charge is 0.238 e. The van der Waals surface area contributed by atoms with E-state index in [2.05, 4.69) is 32.2 Å². The molecular weight excluding hydrogens is 336 g/mol. The first-order valence-corrected chi connectivity index (χ1v) is 9.74. The predicted octanol–water partition coefficient (Wildman–Crippen LogP) is 2.81. The van der Waals surface area contributed by atoms with Crippen molar-refractivity contribution >= 4 is 11.6 Å². The molecule has 1 saturated heterocycles. The van der Waals surface area contributed by atoms with E-state index >= 15 is 0 Å². The van der Waals surface area contributed by atoms with Crippen molar-refractivity contribution in [2.75, 3.05) is 44.6 Å². The third kappa shape index (κ3) is 5.62. The fourth-order valence-corrected chi connectivity index (χ4v) is 3.58. The molecule has 1 aliphatic rings. The van der Waals surface area contributed by atoms with E-state index in [4.69, 9.17) is 0 Å². The van der Waals surface area contributed by atoms with E-state index in [1.54, 1.807) is 0 Å². The highest BCUT2D eigenvalue weighted by Crippen LogP contribution is 2.19. The number of nitrogens with one attached hydrogen (secondary N) is 1. The monoisotopic (exact) mass is 366 g/mol. The summed E-state index contributed by atoms with van der Waals surface area (Å²) in [5.74, 6) is 0.0739. The quantitative estimate of drug-likeness (QED) is 0.854. The SMILES string of the molecule is Cc1cccc(CCN2CCN(CC(=O)Nc3c(C)cccc3C)CC2)n1. The Bertz CT molecular complexity index is 761. The lowest BCUT2D eigenvalue weighted by Gasteiger charge is -2.34. The predicted molar refractivity (Wildman–Crippen MR) is 110 cm³/mol. The maximum atomic E-state index is 12.4. The first-order chi connectivity index (χ1) is 13.0. The van der Waals surface area contributed by atoms with Crippen molar-refractivity contribution in [2.45, 2.75) is 27.2 Å². The average Bonchev–Trinajstić information content (AvgIpc) is 2.64. The van der Waals surface area contributed by atoms with Gasteiger partial charge in [-0.1, -0.05) is 24.3 Å². The van der Waals surface area contributed by atoms with E-state index in [0.29, 0.717) is 6.54 Å². The number of hydrogen-bond donors (Lipinski definition) is 1. The van der Waals surface area contributed by atoms with Crippen molar-refractivity contribution in [3.63, 3.8) is 0 Å². The summed E-state index contributed by atoms with van der Waals surface area (Å²) in [6.45, 7) is 11.5. The van der Waals surface area contributed by atoms with Crippen molar-refractivity contribution in [1.82, 2.24) is 14.8 Å². The molecule has 27 heavy (non-hydrogen) atoms. The summed E-state index contributed by atoms with van der Waals surface area (Å²) in [6.07, 6.45) is 0.981. The Kier molecular flexibility index (Phi) is 6.58. The van der Waals surface area contributed by atoms with Crippen LogP contribution >= 0.6 is 0 Å². The highest BCUT2D eigenvalue weighted by molar-refractivity contribution is 5.93. The van der Waals surface area contributed by atoms with Gasteiger partial charge in [-0.05, 0) is 44.0 Å². The van der Waals surface area contributed by atoms with Crippen LogP contribution in [0.25, 0.3) is 0 Å². The second-order valence-corrected chi connectivity index (χ2v) is 7.45. The number of piperazine rings is 1. The van der Waals surface area contributed by atoms with Gasteiger partial charge in [0.1, 0.15) is 0 Å². The van der Waals surface area contributed by atoms with Gasteiger partial charge in [0.05, 0.1) is 6.54 Å². The molecule has 3 rings (SSSR count). The van der Waals surface area contributed by atoms with E-state index < -0.39 is 0 Å². The third-order valence-electron chi connectivity index (χ3n) is 5.21. The van der Waals surface area contributed by atoms with Gasteiger partial charge in [-0.3, -0.25) is 14.7 Å². The van der Waals surface area contributed by atoms with Gasteiger partial charge in [0.25, 0.3) is 0 Å². The number of pyridine rings is 1. The molecule has 0 saturated carbocycles. The highest BCUT2D eigenvalue weighted by atomic mass is 16.2. The zero-order valence-electron chi connectivity index (χ0n) is 16.7. The number of benzene rings is 1. The minimum absolute atomic E-state index is 0.0739. The van der Waals surface area contributed by atoms with Gasteiger partial charge in [-0.15, -0.1) is 0 Å². The maximum Gasteiger partial charge on any atom is 0.238 e. The zero-order chi connectivity index (χ0) is 19.2. The van der Waals surface area contributed by atoms with Crippen LogP contribution in [0.3, 0.4) is 0 Å². The van der Waals surface area contributed by atoms with Crippen LogP contribution in [0.2, 0.25) is 0 Å². The van der Waals surface area contributed by atoms with Gasteiger partial charge >= 0.3 is 0 Å². The lowest BCUT2D eigenvalue weighted by atomic mass is 10.1. The Balaban J connectivity index is 1.42. The number of nitrogens with zero attached hydrogens (tertiary/aromatic N) is 3. The minimum atomic E-state index is 0.0739. The summed E-state index contributed by atoms with van der Waals surface area (Å²) in [5.41, 5.74) is 5.40. The van der Waals surface area contributed by atoms with E-state index in [0.717, 1.165) is 67.3 Å². The third-order valence-corrected chi connectivity index (χ3v) is 5.21. The second-order valence-electron chi connectivity index (χ2n) is 7.45. The van der Waals surface area contributed by atoms with Crippen LogP contribution in [0, 0.1) is 20.8 Å². The summed E-state index contributed by atoms with van der Waals surface area (Å²) >= 11 is 0. The summed E-state index contributed by atoms with van der Waals surface area (Å²) in [7, 11) is 0. The minimum Gasteiger partial charge on any atom is -0.324 e. The van der Waals surface area contributed by atoms with Crippen molar-refractivity contribution in [3.05, 3.63) is 58.9 Å². The Morgan fingerprint density at radius 1 is 0.963 bits per heavy atom. The topological polar surface area (TPSA) is 48.5 Å². The molecule has 0 unspecified atom stereocenters. The van der Waals surface area contributed by atoms with Gasteiger partial charge in [0.2, 0.25) is 5.91 Å². The van der Waals surface area contributed by atoms with E-state index in [1.807, 2.05) is 45.0 Å². The first kappa shape index (κ1) is 19.5. The molecule has 1 aromatic heterocycles. The van der Waals surface area contributed by atoms with Crippen molar-refractivity contribution in [2.24, 2.45) is 0 Å². The molecule has 1 aliphatic heterocycles.